The number of benzene rings is 2. The lowest BCUT2D eigenvalue weighted by molar-refractivity contribution is -0.146. The van der Waals surface area contributed by atoms with Crippen LogP contribution in [0, 0.1) is 5.41 Å². The molecule has 0 radical (unpaired) electrons. The molecule has 0 bridgehead atoms. The Morgan fingerprint density at radius 3 is 2.70 bits per heavy atom. The molecule has 0 amide bonds. The summed E-state index contributed by atoms with van der Waals surface area (Å²) in [5, 5.41) is 25.1. The van der Waals surface area contributed by atoms with Crippen LogP contribution in [0.4, 0.5) is 0 Å². The molecule has 0 aliphatic heterocycles. The van der Waals surface area contributed by atoms with Gasteiger partial charge in [-0.2, -0.15) is 5.21 Å². The summed E-state index contributed by atoms with van der Waals surface area (Å²) in [6, 6.07) is 17.8. The lowest BCUT2D eigenvalue weighted by atomic mass is 9.79. The van der Waals surface area contributed by atoms with Crippen molar-refractivity contribution in [3.05, 3.63) is 84.6 Å². The Morgan fingerprint density at radius 2 is 2.00 bits per heavy atom. The van der Waals surface area contributed by atoms with Gasteiger partial charge in [0.15, 0.2) is 0 Å². The van der Waals surface area contributed by atoms with Crippen LogP contribution in [0.5, 0.6) is 0 Å². The van der Waals surface area contributed by atoms with Crippen LogP contribution in [-0.2, 0) is 11.3 Å². The highest BCUT2D eigenvalue weighted by Crippen LogP contribution is 2.36. The Balaban J connectivity index is 1.45. The second kappa shape index (κ2) is 7.11. The van der Waals surface area contributed by atoms with E-state index in [0.29, 0.717) is 18.8 Å². The zero-order chi connectivity index (χ0) is 20.6. The van der Waals surface area contributed by atoms with E-state index >= 15 is 0 Å². The van der Waals surface area contributed by atoms with Gasteiger partial charge in [0.25, 0.3) is 0 Å². The minimum absolute atomic E-state index is 0.350. The van der Waals surface area contributed by atoms with Crippen LogP contribution in [-0.4, -0.2) is 36.3 Å². The Hall–Kier alpha value is -4.00. The molecular formula is C23H19N5O2. The van der Waals surface area contributed by atoms with E-state index in [9.17, 15) is 9.90 Å². The molecule has 0 saturated heterocycles. The van der Waals surface area contributed by atoms with Crippen LogP contribution in [0.3, 0.4) is 0 Å². The largest absolute Gasteiger partial charge is 0.481 e. The van der Waals surface area contributed by atoms with Gasteiger partial charge in [-0.3, -0.25) is 4.79 Å². The zero-order valence-electron chi connectivity index (χ0n) is 16.1. The summed E-state index contributed by atoms with van der Waals surface area (Å²) in [7, 11) is 0. The van der Waals surface area contributed by atoms with Gasteiger partial charge < -0.3 is 9.67 Å². The van der Waals surface area contributed by atoms with Gasteiger partial charge >= 0.3 is 5.97 Å². The molecule has 0 spiro atoms. The second-order valence-electron chi connectivity index (χ2n) is 7.48. The molecule has 0 fully saturated rings. The van der Waals surface area contributed by atoms with Gasteiger partial charge in [0.05, 0.1) is 0 Å². The van der Waals surface area contributed by atoms with Crippen molar-refractivity contribution < 1.29 is 9.90 Å². The number of nitrogens with one attached hydrogen (secondary N) is 1. The summed E-state index contributed by atoms with van der Waals surface area (Å²) in [6.45, 7) is 0.350. The minimum atomic E-state index is -0.990. The number of hydrogen-bond acceptors (Lipinski definition) is 4. The van der Waals surface area contributed by atoms with Crippen LogP contribution >= 0.6 is 0 Å². The fourth-order valence-corrected chi connectivity index (χ4v) is 3.93. The minimum Gasteiger partial charge on any atom is -0.481 e. The van der Waals surface area contributed by atoms with E-state index in [0.717, 1.165) is 27.6 Å². The van der Waals surface area contributed by atoms with Crippen molar-refractivity contribution in [2.24, 2.45) is 5.41 Å². The van der Waals surface area contributed by atoms with E-state index in [-0.39, 0.29) is 0 Å². The summed E-state index contributed by atoms with van der Waals surface area (Å²) in [5.41, 5.74) is 2.98. The van der Waals surface area contributed by atoms with E-state index in [4.69, 9.17) is 0 Å². The number of carboxylic acids is 1. The van der Waals surface area contributed by atoms with E-state index < -0.39 is 11.4 Å². The summed E-state index contributed by atoms with van der Waals surface area (Å²) < 4.78 is 2.00. The van der Waals surface area contributed by atoms with Gasteiger partial charge in [-0.05, 0) is 47.0 Å². The molecule has 2 aromatic heterocycles. The lowest BCUT2D eigenvalue weighted by Crippen LogP contribution is -2.34. The Morgan fingerprint density at radius 1 is 1.13 bits per heavy atom. The van der Waals surface area contributed by atoms with Gasteiger partial charge in [0, 0.05) is 29.2 Å². The molecule has 2 heterocycles. The van der Waals surface area contributed by atoms with Crippen LogP contribution in [0.2, 0.25) is 0 Å². The number of allylic oxidation sites excluding steroid dienone is 3. The van der Waals surface area contributed by atoms with Crippen LogP contribution < -0.4 is 0 Å². The molecule has 4 aromatic rings. The molecule has 30 heavy (non-hydrogen) atoms. The molecule has 1 unspecified atom stereocenters. The molecule has 7 heteroatoms. The van der Waals surface area contributed by atoms with Crippen molar-refractivity contribution in [1.82, 2.24) is 25.2 Å². The molecular weight excluding hydrogens is 378 g/mol. The highest BCUT2D eigenvalue weighted by atomic mass is 16.4. The molecule has 7 nitrogen and oxygen atoms in total. The van der Waals surface area contributed by atoms with E-state index in [1.807, 2.05) is 83.6 Å². The molecule has 1 aliphatic rings. The van der Waals surface area contributed by atoms with Crippen molar-refractivity contribution in [3.8, 4) is 11.4 Å². The van der Waals surface area contributed by atoms with Gasteiger partial charge in [0.2, 0.25) is 5.82 Å². The normalized spacial score (nSPS) is 18.5. The van der Waals surface area contributed by atoms with Crippen molar-refractivity contribution in [1.29, 1.82) is 0 Å². The molecule has 5 rings (SSSR count). The summed E-state index contributed by atoms with van der Waals surface area (Å²) >= 11 is 0. The first-order chi connectivity index (χ1) is 14.6. The Bertz CT molecular complexity index is 1270. The summed E-state index contributed by atoms with van der Waals surface area (Å²) in [5.74, 6) is -0.298. The van der Waals surface area contributed by atoms with E-state index in [2.05, 4.69) is 20.6 Å². The lowest BCUT2D eigenvalue weighted by Gasteiger charge is -2.29. The average molecular weight is 397 g/mol. The molecule has 2 N–H and O–H groups in total. The number of nitrogens with zero attached hydrogens (tertiary/aromatic N) is 4. The number of aromatic nitrogens is 5. The zero-order valence-corrected chi connectivity index (χ0v) is 16.1. The smallest absolute Gasteiger partial charge is 0.315 e. The second-order valence-corrected chi connectivity index (χ2v) is 7.48. The number of H-pyrrole nitrogens is 1. The van der Waals surface area contributed by atoms with Gasteiger partial charge in [-0.25, -0.2) is 0 Å². The molecule has 148 valence electrons. The highest BCUT2D eigenvalue weighted by molar-refractivity contribution is 5.86. The fraction of sp³-hybridized carbons (Fsp3) is 0.130. The number of aliphatic carboxylic acids is 1. The van der Waals surface area contributed by atoms with Gasteiger partial charge in [0.1, 0.15) is 5.41 Å². The number of carboxylic acid groups (broad SMARTS) is 1. The molecule has 0 saturated carbocycles. The van der Waals surface area contributed by atoms with Crippen molar-refractivity contribution in [3.63, 3.8) is 0 Å². The number of fused-ring (bicyclic) bond motifs is 1. The Kier molecular flexibility index (Phi) is 4.28. The van der Waals surface area contributed by atoms with Gasteiger partial charge in [-0.1, -0.05) is 48.6 Å². The third-order valence-electron chi connectivity index (χ3n) is 5.63. The number of aromatic amines is 1. The quantitative estimate of drug-likeness (QED) is 0.532. The van der Waals surface area contributed by atoms with Crippen LogP contribution in [0.1, 0.15) is 12.0 Å². The standard InChI is InChI=1S/C23H19N5O2/c29-22(30)23(11-8-17(9-12-23)16-4-2-1-3-5-16)15-28-13-10-18-14-19(6-7-20(18)28)21-24-26-27-25-21/h1-11,13-14H,12,15H2,(H,29,30)(H,24,25,26,27). The molecule has 2 aromatic carbocycles. The van der Waals surface area contributed by atoms with E-state index in [1.54, 1.807) is 0 Å². The third-order valence-corrected chi connectivity index (χ3v) is 5.63. The predicted molar refractivity (Wildman–Crippen MR) is 113 cm³/mol. The maximum absolute atomic E-state index is 12.3. The SMILES string of the molecule is O=C(O)C1(Cn2ccc3cc(-c4nn[nH]n4)ccc32)C=CC(c2ccccc2)=CC1. The molecule has 1 atom stereocenters. The van der Waals surface area contributed by atoms with Crippen molar-refractivity contribution >= 4 is 22.4 Å². The monoisotopic (exact) mass is 397 g/mol. The first kappa shape index (κ1) is 18.1. The summed E-state index contributed by atoms with van der Waals surface area (Å²) in [4.78, 5) is 12.3. The topological polar surface area (TPSA) is 96.7 Å². The first-order valence-electron chi connectivity index (χ1n) is 9.66. The van der Waals surface area contributed by atoms with Crippen LogP contribution in [0.15, 0.2) is 79.0 Å². The first-order valence-corrected chi connectivity index (χ1v) is 9.66. The number of hydrogen-bond donors (Lipinski definition) is 2. The maximum Gasteiger partial charge on any atom is 0.315 e. The number of carbonyl (C=O) groups is 1. The fourth-order valence-electron chi connectivity index (χ4n) is 3.93. The average Bonchev–Trinajstić information content (AvgIpc) is 3.45. The van der Waals surface area contributed by atoms with Crippen LogP contribution in [0.25, 0.3) is 27.9 Å². The number of rotatable bonds is 5. The van der Waals surface area contributed by atoms with E-state index in [1.165, 1.54) is 0 Å². The molecule has 1 aliphatic carbocycles. The maximum atomic E-state index is 12.3. The van der Waals surface area contributed by atoms with Gasteiger partial charge in [-0.15, -0.1) is 10.2 Å². The summed E-state index contributed by atoms with van der Waals surface area (Å²) in [6.07, 6.45) is 8.14. The third kappa shape index (κ3) is 3.10. The van der Waals surface area contributed by atoms with Crippen molar-refractivity contribution in [2.45, 2.75) is 13.0 Å². The van der Waals surface area contributed by atoms with Crippen molar-refractivity contribution in [2.75, 3.05) is 0 Å². The highest BCUT2D eigenvalue weighted by Gasteiger charge is 2.37. The predicted octanol–water partition coefficient (Wildman–Crippen LogP) is 3.94. The number of tetrazole rings is 1. The Labute approximate surface area is 172 Å².